The number of sulfonamides is 1. The van der Waals surface area contributed by atoms with Crippen molar-refractivity contribution in [1.29, 1.82) is 0 Å². The molecule has 0 aliphatic rings. The first-order valence-electron chi connectivity index (χ1n) is 6.04. The van der Waals surface area contributed by atoms with Crippen LogP contribution in [0, 0.1) is 0 Å². The molecule has 18 heavy (non-hydrogen) atoms. The Kier molecular flexibility index (Phi) is 9.85. The van der Waals surface area contributed by atoms with Crippen molar-refractivity contribution >= 4 is 15.9 Å². The molecule has 0 aliphatic carbocycles. The smallest absolute Gasteiger partial charge is 0.235 e. The molecule has 0 aromatic carbocycles. The Morgan fingerprint density at radius 3 is 2.56 bits per heavy atom. The maximum absolute atomic E-state index is 11.4. The fourth-order valence-electron chi connectivity index (χ4n) is 1.09. The van der Waals surface area contributed by atoms with E-state index in [4.69, 9.17) is 4.74 Å². The molecule has 0 atom stereocenters. The first-order chi connectivity index (χ1) is 8.52. The van der Waals surface area contributed by atoms with Gasteiger partial charge in [0.25, 0.3) is 0 Å². The van der Waals surface area contributed by atoms with E-state index >= 15 is 0 Å². The largest absolute Gasteiger partial charge is 0.381 e. The van der Waals surface area contributed by atoms with Crippen molar-refractivity contribution in [3.63, 3.8) is 0 Å². The Bertz CT molecular complexity index is 319. The van der Waals surface area contributed by atoms with Gasteiger partial charge in [-0.25, -0.2) is 13.1 Å². The molecule has 0 radical (unpaired) electrons. The van der Waals surface area contributed by atoms with E-state index in [9.17, 15) is 13.2 Å². The summed E-state index contributed by atoms with van der Waals surface area (Å²) in [5, 5.41) is 5.64. The Hall–Kier alpha value is -0.700. The minimum Gasteiger partial charge on any atom is -0.381 e. The molecule has 7 nitrogen and oxygen atoms in total. The van der Waals surface area contributed by atoms with Gasteiger partial charge in [0.05, 0.1) is 18.9 Å². The molecular formula is C10H23N3O4S. The number of carbonyl (C=O) groups is 1. The molecule has 0 saturated carbocycles. The molecule has 0 aromatic rings. The van der Waals surface area contributed by atoms with Crippen LogP contribution in [-0.2, 0) is 19.6 Å². The number of ether oxygens (including phenoxy) is 1. The highest BCUT2D eigenvalue weighted by Crippen LogP contribution is 1.85. The van der Waals surface area contributed by atoms with Crippen LogP contribution in [0.2, 0.25) is 0 Å². The summed E-state index contributed by atoms with van der Waals surface area (Å²) in [6.45, 7) is 6.10. The second kappa shape index (κ2) is 10.2. The summed E-state index contributed by atoms with van der Waals surface area (Å²) < 4.78 is 30.0. The second-order valence-electron chi connectivity index (χ2n) is 3.54. The molecule has 3 N–H and O–H groups in total. The maximum atomic E-state index is 11.4. The molecule has 0 rings (SSSR count). The molecule has 0 heterocycles. The average Bonchev–Trinajstić information content (AvgIpc) is 2.32. The van der Waals surface area contributed by atoms with Crippen molar-refractivity contribution in [1.82, 2.24) is 15.4 Å². The molecule has 1 amide bonds. The fourth-order valence-corrected chi connectivity index (χ4v) is 1.92. The third-order valence-electron chi connectivity index (χ3n) is 2.03. The lowest BCUT2D eigenvalue weighted by atomic mass is 10.5. The summed E-state index contributed by atoms with van der Waals surface area (Å²) in [4.78, 5) is 11.3. The van der Waals surface area contributed by atoms with Crippen LogP contribution in [0.5, 0.6) is 0 Å². The Labute approximate surface area is 109 Å². The zero-order valence-corrected chi connectivity index (χ0v) is 11.8. The highest BCUT2D eigenvalue weighted by Gasteiger charge is 2.11. The van der Waals surface area contributed by atoms with Gasteiger partial charge in [0.1, 0.15) is 0 Å². The highest BCUT2D eigenvalue weighted by atomic mass is 32.2. The van der Waals surface area contributed by atoms with Crippen LogP contribution in [0.15, 0.2) is 0 Å². The molecule has 0 fully saturated rings. The van der Waals surface area contributed by atoms with E-state index in [1.165, 1.54) is 0 Å². The van der Waals surface area contributed by atoms with E-state index in [0.29, 0.717) is 19.7 Å². The monoisotopic (exact) mass is 281 g/mol. The minimum atomic E-state index is -3.44. The van der Waals surface area contributed by atoms with E-state index in [1.807, 2.05) is 6.92 Å². The van der Waals surface area contributed by atoms with Crippen molar-refractivity contribution in [2.24, 2.45) is 0 Å². The summed E-state index contributed by atoms with van der Waals surface area (Å²) in [5.74, 6) is -0.473. The second-order valence-corrected chi connectivity index (χ2v) is 5.47. The van der Waals surface area contributed by atoms with E-state index in [-0.39, 0.29) is 24.8 Å². The van der Waals surface area contributed by atoms with Crippen molar-refractivity contribution in [3.8, 4) is 0 Å². The predicted molar refractivity (Wildman–Crippen MR) is 69.8 cm³/mol. The van der Waals surface area contributed by atoms with Crippen LogP contribution in [0.1, 0.15) is 13.8 Å². The Morgan fingerprint density at radius 1 is 1.22 bits per heavy atom. The Balaban J connectivity index is 3.69. The van der Waals surface area contributed by atoms with E-state index < -0.39 is 10.0 Å². The van der Waals surface area contributed by atoms with Crippen molar-refractivity contribution < 1.29 is 17.9 Å². The van der Waals surface area contributed by atoms with E-state index in [1.54, 1.807) is 6.92 Å². The SMILES string of the molecule is CCNCCNC(=O)CNS(=O)(=O)CCOCC. The van der Waals surface area contributed by atoms with Crippen molar-refractivity contribution in [2.75, 3.05) is 45.1 Å². The van der Waals surface area contributed by atoms with Gasteiger partial charge in [-0.3, -0.25) is 4.79 Å². The lowest BCUT2D eigenvalue weighted by molar-refractivity contribution is -0.119. The maximum Gasteiger partial charge on any atom is 0.235 e. The van der Waals surface area contributed by atoms with Gasteiger partial charge in [-0.1, -0.05) is 6.92 Å². The first kappa shape index (κ1) is 17.3. The van der Waals surface area contributed by atoms with Crippen molar-refractivity contribution in [3.05, 3.63) is 0 Å². The van der Waals surface area contributed by atoms with Gasteiger partial charge < -0.3 is 15.4 Å². The molecule has 0 bridgehead atoms. The summed E-state index contributed by atoms with van der Waals surface area (Å²) in [6.07, 6.45) is 0. The van der Waals surface area contributed by atoms with Gasteiger partial charge in [-0.05, 0) is 13.5 Å². The molecule has 0 aliphatic heterocycles. The fraction of sp³-hybridized carbons (Fsp3) is 0.900. The zero-order chi connectivity index (χ0) is 13.9. The van der Waals surface area contributed by atoms with Crippen LogP contribution in [0.3, 0.4) is 0 Å². The van der Waals surface area contributed by atoms with Crippen LogP contribution >= 0.6 is 0 Å². The predicted octanol–water partition coefficient (Wildman–Crippen LogP) is -1.33. The molecule has 0 unspecified atom stereocenters. The average molecular weight is 281 g/mol. The van der Waals surface area contributed by atoms with Gasteiger partial charge in [0, 0.05) is 19.7 Å². The van der Waals surface area contributed by atoms with Crippen LogP contribution < -0.4 is 15.4 Å². The van der Waals surface area contributed by atoms with Gasteiger partial charge in [-0.2, -0.15) is 0 Å². The summed E-state index contributed by atoms with van der Waals surface area (Å²) >= 11 is 0. The van der Waals surface area contributed by atoms with Crippen LogP contribution in [0.4, 0.5) is 0 Å². The number of hydrogen-bond donors (Lipinski definition) is 3. The zero-order valence-electron chi connectivity index (χ0n) is 11.0. The molecular weight excluding hydrogens is 258 g/mol. The summed E-state index contributed by atoms with van der Waals surface area (Å²) in [6, 6.07) is 0. The van der Waals surface area contributed by atoms with Gasteiger partial charge in [-0.15, -0.1) is 0 Å². The molecule has 0 spiro atoms. The van der Waals surface area contributed by atoms with Crippen LogP contribution in [-0.4, -0.2) is 59.5 Å². The quantitative estimate of drug-likeness (QED) is 0.408. The lowest BCUT2D eigenvalue weighted by Crippen LogP contribution is -2.40. The Morgan fingerprint density at radius 2 is 1.94 bits per heavy atom. The van der Waals surface area contributed by atoms with Crippen molar-refractivity contribution in [2.45, 2.75) is 13.8 Å². The third-order valence-corrected chi connectivity index (χ3v) is 3.32. The number of hydrogen-bond acceptors (Lipinski definition) is 5. The number of carbonyl (C=O) groups excluding carboxylic acids is 1. The van der Waals surface area contributed by atoms with Gasteiger partial charge >= 0.3 is 0 Å². The summed E-state index contributed by atoms with van der Waals surface area (Å²) in [7, 11) is -3.44. The van der Waals surface area contributed by atoms with Gasteiger partial charge in [0.15, 0.2) is 0 Å². The molecule has 0 aromatic heterocycles. The topological polar surface area (TPSA) is 96.5 Å². The first-order valence-corrected chi connectivity index (χ1v) is 7.69. The minimum absolute atomic E-state index is 0.133. The third kappa shape index (κ3) is 10.5. The van der Waals surface area contributed by atoms with Gasteiger partial charge in [0.2, 0.25) is 15.9 Å². The number of rotatable bonds is 11. The van der Waals surface area contributed by atoms with E-state index in [2.05, 4.69) is 15.4 Å². The number of nitrogens with one attached hydrogen (secondary N) is 3. The number of likely N-dealkylation sites (N-methyl/N-ethyl adjacent to an activating group) is 1. The molecule has 108 valence electrons. The standard InChI is InChI=1S/C10H23N3O4S/c1-3-11-5-6-12-10(14)9-13-18(15,16)8-7-17-4-2/h11,13H,3-9H2,1-2H3,(H,12,14). The van der Waals surface area contributed by atoms with Crippen LogP contribution in [0.25, 0.3) is 0 Å². The highest BCUT2D eigenvalue weighted by molar-refractivity contribution is 7.89. The lowest BCUT2D eigenvalue weighted by Gasteiger charge is -2.08. The molecule has 8 heteroatoms. The number of amides is 1. The molecule has 0 saturated heterocycles. The summed E-state index contributed by atoms with van der Waals surface area (Å²) in [5.41, 5.74) is 0. The van der Waals surface area contributed by atoms with E-state index in [0.717, 1.165) is 6.54 Å². The normalized spacial score (nSPS) is 11.4.